The number of ether oxygens (including phenoxy) is 1. The molecule has 7 nitrogen and oxygen atoms in total. The number of nitrogens with zero attached hydrogens (tertiary/aromatic N) is 3. The number of carbonyl (C=O) groups is 1. The minimum atomic E-state index is -0.403. The van der Waals surface area contributed by atoms with E-state index >= 15 is 0 Å². The Hall–Kier alpha value is -3.13. The van der Waals surface area contributed by atoms with Crippen LogP contribution in [0.4, 0.5) is 5.95 Å². The largest absolute Gasteiger partial charge is 0.504 e. The van der Waals surface area contributed by atoms with Gasteiger partial charge < -0.3 is 15.2 Å². The van der Waals surface area contributed by atoms with Crippen molar-refractivity contribution in [1.82, 2.24) is 14.8 Å². The number of aromatic nitrogens is 3. The number of thiophene rings is 1. The molecule has 5 rings (SSSR count). The molecule has 0 saturated carbocycles. The Morgan fingerprint density at radius 1 is 1.32 bits per heavy atom. The lowest BCUT2D eigenvalue weighted by molar-refractivity contribution is -0.116. The molecule has 142 valence electrons. The smallest absolute Gasteiger partial charge is 0.226 e. The molecule has 0 amide bonds. The number of fused-ring (bicyclic) bond motifs is 1. The molecule has 3 aromatic rings. The van der Waals surface area contributed by atoms with Crippen molar-refractivity contribution in [3.8, 4) is 11.5 Å². The third-order valence-electron chi connectivity index (χ3n) is 5.33. The fourth-order valence-corrected chi connectivity index (χ4v) is 4.88. The van der Waals surface area contributed by atoms with Crippen LogP contribution in [-0.2, 0) is 4.79 Å². The average Bonchev–Trinajstić information content (AvgIpc) is 3.38. The number of phenols is 1. The van der Waals surface area contributed by atoms with Crippen LogP contribution in [0.1, 0.15) is 35.2 Å². The van der Waals surface area contributed by atoms with E-state index in [9.17, 15) is 9.90 Å². The van der Waals surface area contributed by atoms with E-state index in [0.29, 0.717) is 23.7 Å². The molecule has 0 spiro atoms. The van der Waals surface area contributed by atoms with Crippen LogP contribution in [0.5, 0.6) is 11.5 Å². The number of aromatic hydroxyl groups is 1. The topological polar surface area (TPSA) is 89.3 Å². The molecule has 0 unspecified atom stereocenters. The second-order valence-electron chi connectivity index (χ2n) is 6.92. The summed E-state index contributed by atoms with van der Waals surface area (Å²) in [4.78, 5) is 18.8. The number of methoxy groups -OCH3 is 1. The van der Waals surface area contributed by atoms with Crippen LogP contribution in [0, 0.1) is 0 Å². The third kappa shape index (κ3) is 2.60. The van der Waals surface area contributed by atoms with Gasteiger partial charge in [-0.1, -0.05) is 12.1 Å². The van der Waals surface area contributed by atoms with Crippen LogP contribution in [0.2, 0.25) is 0 Å². The molecule has 3 heterocycles. The molecule has 0 bridgehead atoms. The van der Waals surface area contributed by atoms with Gasteiger partial charge in [-0.25, -0.2) is 4.68 Å². The average molecular weight is 394 g/mol. The summed E-state index contributed by atoms with van der Waals surface area (Å²) >= 11 is 1.68. The Bertz CT molecular complexity index is 1090. The highest BCUT2D eigenvalue weighted by Gasteiger charge is 2.39. The normalized spacial score (nSPS) is 21.1. The summed E-state index contributed by atoms with van der Waals surface area (Å²) in [5, 5.41) is 19.7. The number of rotatable bonds is 3. The number of Topliss-reactive ketones (excluding diaryl/α,β-unsaturated/α-hetero) is 1. The van der Waals surface area contributed by atoms with Gasteiger partial charge in [0.1, 0.15) is 12.4 Å². The summed E-state index contributed by atoms with van der Waals surface area (Å²) in [5.74, 6) is 1.30. The molecule has 8 heteroatoms. The Labute approximate surface area is 165 Å². The lowest BCUT2D eigenvalue weighted by Crippen LogP contribution is -2.33. The molecule has 0 saturated heterocycles. The summed E-state index contributed by atoms with van der Waals surface area (Å²) in [6.45, 7) is 0. The lowest BCUT2D eigenvalue weighted by Gasteiger charge is -2.34. The molecule has 2 aromatic heterocycles. The quantitative estimate of drug-likeness (QED) is 0.707. The molecule has 2 N–H and O–H groups in total. The van der Waals surface area contributed by atoms with Gasteiger partial charge in [-0.3, -0.25) is 4.79 Å². The monoisotopic (exact) mass is 394 g/mol. The van der Waals surface area contributed by atoms with Gasteiger partial charge >= 0.3 is 0 Å². The minimum absolute atomic E-state index is 0.0564. The number of hydrogen-bond donors (Lipinski definition) is 2. The van der Waals surface area contributed by atoms with Crippen LogP contribution < -0.4 is 10.1 Å². The predicted molar refractivity (Wildman–Crippen MR) is 105 cm³/mol. The van der Waals surface area contributed by atoms with Crippen molar-refractivity contribution in [3.05, 3.63) is 63.7 Å². The van der Waals surface area contributed by atoms with Gasteiger partial charge in [-0.05, 0) is 35.6 Å². The molecule has 0 radical (unpaired) electrons. The fraction of sp³-hybridized carbons (Fsp3) is 0.250. The van der Waals surface area contributed by atoms with E-state index in [0.717, 1.165) is 17.7 Å². The first-order valence-electron chi connectivity index (χ1n) is 8.98. The van der Waals surface area contributed by atoms with E-state index in [2.05, 4.69) is 21.5 Å². The Kier molecular flexibility index (Phi) is 3.94. The first-order valence-corrected chi connectivity index (χ1v) is 9.86. The van der Waals surface area contributed by atoms with E-state index in [1.165, 1.54) is 18.3 Å². The van der Waals surface area contributed by atoms with Gasteiger partial charge in [-0.2, -0.15) is 10.1 Å². The zero-order chi connectivity index (χ0) is 19.3. The highest BCUT2D eigenvalue weighted by Crippen LogP contribution is 2.45. The van der Waals surface area contributed by atoms with Gasteiger partial charge in [0.05, 0.1) is 7.11 Å². The zero-order valence-corrected chi connectivity index (χ0v) is 15.9. The molecule has 1 aromatic carbocycles. The lowest BCUT2D eigenvalue weighted by atomic mass is 9.80. The summed E-state index contributed by atoms with van der Waals surface area (Å²) in [7, 11) is 1.50. The first-order chi connectivity index (χ1) is 13.7. The van der Waals surface area contributed by atoms with Crippen LogP contribution in [0.15, 0.2) is 53.3 Å². The third-order valence-corrected chi connectivity index (χ3v) is 6.36. The van der Waals surface area contributed by atoms with Crippen LogP contribution in [-0.4, -0.2) is 32.8 Å². The minimum Gasteiger partial charge on any atom is -0.504 e. The zero-order valence-electron chi connectivity index (χ0n) is 15.1. The number of benzene rings is 1. The van der Waals surface area contributed by atoms with Crippen molar-refractivity contribution >= 4 is 23.1 Å². The Morgan fingerprint density at radius 2 is 2.21 bits per heavy atom. The molecule has 28 heavy (non-hydrogen) atoms. The standard InChI is InChI=1S/C20H18N4O3S/c1-27-16-9-11(4-5-14(16)25)19-18-13(23-20-21-10-22-24(19)20)7-12(8-15(18)26)17-3-2-6-28-17/h2-6,9-10,12,19,25H,7-8H2,1H3,(H,21,22,23)/t12-,19-/m1/s1. The van der Waals surface area contributed by atoms with Crippen molar-refractivity contribution in [2.75, 3.05) is 12.4 Å². The molecular formula is C20H18N4O3S. The second-order valence-corrected chi connectivity index (χ2v) is 7.90. The fourth-order valence-electron chi connectivity index (χ4n) is 4.05. The highest BCUT2D eigenvalue weighted by molar-refractivity contribution is 7.10. The van der Waals surface area contributed by atoms with Crippen molar-refractivity contribution in [2.45, 2.75) is 24.8 Å². The van der Waals surface area contributed by atoms with Crippen molar-refractivity contribution < 1.29 is 14.6 Å². The van der Waals surface area contributed by atoms with Gasteiger partial charge in [-0.15, -0.1) is 11.3 Å². The SMILES string of the molecule is COc1cc([C@@H]2C3=C(C[C@@H](c4cccs4)CC3=O)Nc3ncnn32)ccc1O. The van der Waals surface area contributed by atoms with Crippen molar-refractivity contribution in [2.24, 2.45) is 0 Å². The molecule has 2 atom stereocenters. The van der Waals surface area contributed by atoms with E-state index in [4.69, 9.17) is 4.74 Å². The Morgan fingerprint density at radius 3 is 3.00 bits per heavy atom. The highest BCUT2D eigenvalue weighted by atomic mass is 32.1. The number of hydrogen-bond acceptors (Lipinski definition) is 7. The summed E-state index contributed by atoms with van der Waals surface area (Å²) in [6, 6.07) is 8.82. The van der Waals surface area contributed by atoms with E-state index in [1.807, 2.05) is 11.4 Å². The number of carbonyl (C=O) groups excluding carboxylic acids is 1. The maximum atomic E-state index is 13.2. The van der Waals surface area contributed by atoms with Crippen LogP contribution in [0.25, 0.3) is 0 Å². The van der Waals surface area contributed by atoms with Crippen molar-refractivity contribution in [3.63, 3.8) is 0 Å². The maximum absolute atomic E-state index is 13.2. The molecular weight excluding hydrogens is 376 g/mol. The molecule has 1 aliphatic heterocycles. The summed E-state index contributed by atoms with van der Waals surface area (Å²) < 4.78 is 6.98. The van der Waals surface area contributed by atoms with Gasteiger partial charge in [0.15, 0.2) is 17.3 Å². The van der Waals surface area contributed by atoms with E-state index in [1.54, 1.807) is 34.2 Å². The number of allylic oxidation sites excluding steroid dienone is 2. The number of ketones is 1. The van der Waals surface area contributed by atoms with Gasteiger partial charge in [0, 0.05) is 28.5 Å². The van der Waals surface area contributed by atoms with Crippen LogP contribution >= 0.6 is 11.3 Å². The maximum Gasteiger partial charge on any atom is 0.226 e. The number of anilines is 1. The number of nitrogens with one attached hydrogen (secondary N) is 1. The summed E-state index contributed by atoms with van der Waals surface area (Å²) in [6.07, 6.45) is 2.70. The molecule has 1 aliphatic carbocycles. The predicted octanol–water partition coefficient (Wildman–Crippen LogP) is 3.47. The number of phenolic OH excluding ortho intramolecular Hbond substituents is 1. The second kappa shape index (κ2) is 6.49. The van der Waals surface area contributed by atoms with Crippen LogP contribution in [0.3, 0.4) is 0 Å². The molecule has 0 fully saturated rings. The summed E-state index contributed by atoms with van der Waals surface area (Å²) in [5.41, 5.74) is 2.42. The Balaban J connectivity index is 1.63. The van der Waals surface area contributed by atoms with E-state index in [-0.39, 0.29) is 17.5 Å². The van der Waals surface area contributed by atoms with Gasteiger partial charge in [0.2, 0.25) is 5.95 Å². The first kappa shape index (κ1) is 17.0. The van der Waals surface area contributed by atoms with E-state index < -0.39 is 6.04 Å². The molecule has 2 aliphatic rings. The van der Waals surface area contributed by atoms with Gasteiger partial charge in [0.25, 0.3) is 0 Å². The van der Waals surface area contributed by atoms with Crippen molar-refractivity contribution in [1.29, 1.82) is 0 Å².